The van der Waals surface area contributed by atoms with E-state index in [-0.39, 0.29) is 11.7 Å². The zero-order chi connectivity index (χ0) is 44.8. The van der Waals surface area contributed by atoms with E-state index in [1.165, 1.54) is 6.07 Å². The summed E-state index contributed by atoms with van der Waals surface area (Å²) in [5.74, 6) is 0.229. The first-order chi connectivity index (χ1) is 31.1. The third-order valence-electron chi connectivity index (χ3n) is 10.9. The second-order valence-electron chi connectivity index (χ2n) is 16.0. The van der Waals surface area contributed by atoms with Crippen molar-refractivity contribution in [1.29, 1.82) is 0 Å². The molecule has 0 saturated heterocycles. The number of thioether (sulfide) groups is 2. The molecule has 0 aliphatic heterocycles. The third-order valence-corrected chi connectivity index (χ3v) is 12.8. The fraction of sp³-hybridized carbons (Fsp3) is 0.275. The maximum atomic E-state index is 14.6. The standard InChI is InChI=1S/C51H56F2N8OS2/c1-59(2)41-26-21-38(22-27-41)47-48(39-23-28-42(29-24-39)60(3)4)58-50(57-47)64-34-16-8-14-32-61(51(62)54-44-30-25-40(52)35-43(44)53)31-13-7-15-33-63-49-55-45(36-17-9-5-10-18-36)46(56-49)37-19-11-6-12-20-37/h5-6,9-12,17-30,35H,7-8,13-16,31-34H2,1-4H3,(H,54,62)(H,55,56)(H,57,58). The van der Waals surface area contributed by atoms with E-state index in [4.69, 9.17) is 9.97 Å². The lowest BCUT2D eigenvalue weighted by Crippen LogP contribution is -2.36. The molecule has 9 nitrogen and oxygen atoms in total. The SMILES string of the molecule is CN(C)c1ccc(-c2nc(SCCCCCN(CCCCCSc3nc(-c4ccccc4)c(-c4ccccc4)[nH]3)C(=O)Nc3ccc(F)cc3F)[nH]c2-c2ccc(N(C)C)cc2)cc1. The van der Waals surface area contributed by atoms with Crippen LogP contribution in [0.4, 0.5) is 30.6 Å². The summed E-state index contributed by atoms with van der Waals surface area (Å²) in [6.07, 6.45) is 5.24. The van der Waals surface area contributed by atoms with Gasteiger partial charge in [0.05, 0.1) is 28.5 Å². The molecule has 0 bridgehead atoms. The Morgan fingerprint density at radius 1 is 0.562 bits per heavy atom. The molecule has 2 amide bonds. The quantitative estimate of drug-likeness (QED) is 0.0488. The van der Waals surface area contributed by atoms with E-state index >= 15 is 0 Å². The number of aromatic amines is 2. The van der Waals surface area contributed by atoms with Crippen LogP contribution in [0.5, 0.6) is 0 Å². The first kappa shape index (κ1) is 46.0. The number of amides is 2. The summed E-state index contributed by atoms with van der Waals surface area (Å²) in [4.78, 5) is 36.6. The Balaban J connectivity index is 0.926. The number of carbonyl (C=O) groups excluding carboxylic acids is 1. The molecule has 332 valence electrons. The summed E-state index contributed by atoms with van der Waals surface area (Å²) in [6.45, 7) is 1.04. The van der Waals surface area contributed by atoms with Crippen LogP contribution in [0.25, 0.3) is 45.0 Å². The van der Waals surface area contributed by atoms with Crippen molar-refractivity contribution in [2.45, 2.75) is 48.8 Å². The van der Waals surface area contributed by atoms with E-state index in [9.17, 15) is 13.6 Å². The molecule has 2 heterocycles. The van der Waals surface area contributed by atoms with Crippen molar-refractivity contribution < 1.29 is 13.6 Å². The van der Waals surface area contributed by atoms with Crippen LogP contribution < -0.4 is 15.1 Å². The number of imidazole rings is 2. The van der Waals surface area contributed by atoms with E-state index < -0.39 is 11.6 Å². The summed E-state index contributed by atoms with van der Waals surface area (Å²) in [5, 5.41) is 4.41. The average Bonchev–Trinajstić information content (AvgIpc) is 3.94. The fourth-order valence-corrected chi connectivity index (χ4v) is 9.06. The van der Waals surface area contributed by atoms with Gasteiger partial charge in [0.25, 0.3) is 0 Å². The Labute approximate surface area is 384 Å². The van der Waals surface area contributed by atoms with E-state index in [1.807, 2.05) is 64.6 Å². The predicted molar refractivity (Wildman–Crippen MR) is 264 cm³/mol. The minimum atomic E-state index is -0.800. The summed E-state index contributed by atoms with van der Waals surface area (Å²) in [6, 6.07) is 40.2. The van der Waals surface area contributed by atoms with Gasteiger partial charge in [-0.25, -0.2) is 23.5 Å². The smallest absolute Gasteiger partial charge is 0.321 e. The number of nitrogens with one attached hydrogen (secondary N) is 3. The highest BCUT2D eigenvalue weighted by Crippen LogP contribution is 2.35. The largest absolute Gasteiger partial charge is 0.378 e. The van der Waals surface area contributed by atoms with Crippen molar-refractivity contribution in [1.82, 2.24) is 24.8 Å². The molecule has 13 heteroatoms. The normalized spacial score (nSPS) is 11.2. The number of urea groups is 1. The molecule has 0 fully saturated rings. The predicted octanol–water partition coefficient (Wildman–Crippen LogP) is 13.0. The maximum absolute atomic E-state index is 14.6. The molecule has 2 aromatic heterocycles. The molecule has 0 radical (unpaired) electrons. The maximum Gasteiger partial charge on any atom is 0.321 e. The number of H-pyrrole nitrogens is 2. The Morgan fingerprint density at radius 2 is 1.02 bits per heavy atom. The Bertz CT molecular complexity index is 2420. The van der Waals surface area contributed by atoms with Gasteiger partial charge in [-0.3, -0.25) is 0 Å². The lowest BCUT2D eigenvalue weighted by molar-refractivity contribution is 0.209. The van der Waals surface area contributed by atoms with Gasteiger partial charge >= 0.3 is 6.03 Å². The average molecular weight is 899 g/mol. The third kappa shape index (κ3) is 12.4. The summed E-state index contributed by atoms with van der Waals surface area (Å²) in [5.41, 5.74) is 10.3. The van der Waals surface area contributed by atoms with Crippen molar-refractivity contribution in [3.8, 4) is 45.0 Å². The monoisotopic (exact) mass is 898 g/mol. The molecule has 5 aromatic carbocycles. The van der Waals surface area contributed by atoms with Crippen molar-refractivity contribution in [3.63, 3.8) is 0 Å². The lowest BCUT2D eigenvalue weighted by Gasteiger charge is -2.23. The molecule has 0 aliphatic rings. The van der Waals surface area contributed by atoms with Crippen LogP contribution in [-0.4, -0.2) is 83.7 Å². The van der Waals surface area contributed by atoms with Crippen LogP contribution in [0.2, 0.25) is 0 Å². The van der Waals surface area contributed by atoms with Crippen molar-refractivity contribution in [2.75, 3.05) is 67.9 Å². The number of carbonyl (C=O) groups is 1. The van der Waals surface area contributed by atoms with Crippen molar-refractivity contribution in [3.05, 3.63) is 139 Å². The van der Waals surface area contributed by atoms with Crippen LogP contribution in [-0.2, 0) is 0 Å². The number of rotatable bonds is 21. The summed E-state index contributed by atoms with van der Waals surface area (Å²) in [7, 11) is 8.14. The number of unbranched alkanes of at least 4 members (excludes halogenated alkanes) is 4. The zero-order valence-corrected chi connectivity index (χ0v) is 38.5. The molecule has 64 heavy (non-hydrogen) atoms. The van der Waals surface area contributed by atoms with Crippen LogP contribution in [0.3, 0.4) is 0 Å². The number of benzene rings is 5. The van der Waals surface area contributed by atoms with E-state index in [0.29, 0.717) is 13.1 Å². The van der Waals surface area contributed by atoms with Crippen molar-refractivity contribution >= 4 is 46.6 Å². The first-order valence-corrected chi connectivity index (χ1v) is 23.7. The zero-order valence-electron chi connectivity index (χ0n) is 36.9. The number of aromatic nitrogens is 4. The van der Waals surface area contributed by atoms with Gasteiger partial charge < -0.3 is 30.0 Å². The first-order valence-electron chi connectivity index (χ1n) is 21.8. The number of anilines is 3. The van der Waals surface area contributed by atoms with Gasteiger partial charge in [-0.15, -0.1) is 0 Å². The van der Waals surface area contributed by atoms with Gasteiger partial charge in [0, 0.05) is 92.5 Å². The summed E-state index contributed by atoms with van der Waals surface area (Å²) >= 11 is 3.39. The van der Waals surface area contributed by atoms with E-state index in [1.54, 1.807) is 28.4 Å². The lowest BCUT2D eigenvalue weighted by atomic mass is 10.0. The molecule has 0 unspecified atom stereocenters. The van der Waals surface area contributed by atoms with Crippen molar-refractivity contribution in [2.24, 2.45) is 0 Å². The van der Waals surface area contributed by atoms with Crippen LogP contribution in [0.1, 0.15) is 38.5 Å². The minimum absolute atomic E-state index is 0.0353. The van der Waals surface area contributed by atoms with E-state index in [2.05, 4.69) is 97.9 Å². The van der Waals surface area contributed by atoms with Gasteiger partial charge in [-0.05, 0) is 62.1 Å². The second kappa shape index (κ2) is 22.5. The Kier molecular flexibility index (Phi) is 16.2. The molecule has 7 aromatic rings. The number of halogens is 2. The number of nitrogens with zero attached hydrogens (tertiary/aromatic N) is 5. The Hall–Kier alpha value is -6.05. The van der Waals surface area contributed by atoms with Gasteiger partial charge in [0.1, 0.15) is 11.6 Å². The highest BCUT2D eigenvalue weighted by atomic mass is 32.2. The number of hydrogen-bond donors (Lipinski definition) is 3. The van der Waals surface area contributed by atoms with Crippen LogP contribution in [0.15, 0.2) is 138 Å². The van der Waals surface area contributed by atoms with Crippen LogP contribution >= 0.6 is 23.5 Å². The molecule has 0 atom stereocenters. The highest BCUT2D eigenvalue weighted by molar-refractivity contribution is 7.99. The molecule has 0 aliphatic carbocycles. The van der Waals surface area contributed by atoms with Crippen LogP contribution in [0, 0.1) is 11.6 Å². The van der Waals surface area contributed by atoms with Gasteiger partial charge in [-0.1, -0.05) is 121 Å². The molecule has 0 saturated carbocycles. The minimum Gasteiger partial charge on any atom is -0.378 e. The molecular weight excluding hydrogens is 843 g/mol. The molecular formula is C51H56F2N8OS2. The molecule has 0 spiro atoms. The topological polar surface area (TPSA) is 96.2 Å². The number of hydrogen-bond acceptors (Lipinski definition) is 7. The van der Waals surface area contributed by atoms with Gasteiger partial charge in [0.15, 0.2) is 10.3 Å². The molecule has 3 N–H and O–H groups in total. The summed E-state index contributed by atoms with van der Waals surface area (Å²) < 4.78 is 28.2. The van der Waals surface area contributed by atoms with Gasteiger partial charge in [-0.2, -0.15) is 0 Å². The Morgan fingerprint density at radius 3 is 1.50 bits per heavy atom. The van der Waals surface area contributed by atoms with E-state index in [0.717, 1.165) is 129 Å². The second-order valence-corrected chi connectivity index (χ2v) is 18.2. The molecule has 7 rings (SSSR count). The highest BCUT2D eigenvalue weighted by Gasteiger charge is 2.18. The fourth-order valence-electron chi connectivity index (χ4n) is 7.32. The van der Waals surface area contributed by atoms with Gasteiger partial charge in [0.2, 0.25) is 0 Å².